The highest BCUT2D eigenvalue weighted by Crippen LogP contribution is 2.23. The molecule has 1 aromatic rings. The zero-order valence-corrected chi connectivity index (χ0v) is 11.5. The maximum Gasteiger partial charge on any atom is 0.304 e. The van der Waals surface area contributed by atoms with E-state index in [-0.39, 0.29) is 6.42 Å². The Kier molecular flexibility index (Phi) is 4.74. The molecule has 0 saturated carbocycles. The van der Waals surface area contributed by atoms with E-state index in [9.17, 15) is 4.79 Å². The molecule has 2 heterocycles. The minimum atomic E-state index is -0.705. The van der Waals surface area contributed by atoms with Gasteiger partial charge in [-0.2, -0.15) is 11.3 Å². The molecule has 0 aliphatic carbocycles. The van der Waals surface area contributed by atoms with Gasteiger partial charge in [0.05, 0.1) is 6.42 Å². The summed E-state index contributed by atoms with van der Waals surface area (Å²) in [5, 5.41) is 13.0. The SMILES string of the molecule is CC(c1ccsc1)N1CCN(CCC(=O)O)CC1. The van der Waals surface area contributed by atoms with Crippen molar-refractivity contribution in [2.75, 3.05) is 32.7 Å². The molecule has 100 valence electrons. The largest absolute Gasteiger partial charge is 0.481 e. The number of rotatable bonds is 5. The molecule has 1 aliphatic heterocycles. The maximum atomic E-state index is 10.5. The van der Waals surface area contributed by atoms with Crippen LogP contribution < -0.4 is 0 Å². The number of hydrogen-bond donors (Lipinski definition) is 1. The van der Waals surface area contributed by atoms with E-state index in [2.05, 4.69) is 33.6 Å². The fourth-order valence-electron chi connectivity index (χ4n) is 2.35. The highest BCUT2D eigenvalue weighted by atomic mass is 32.1. The molecule has 1 saturated heterocycles. The Labute approximate surface area is 112 Å². The standard InChI is InChI=1S/C13H20N2O2S/c1-11(12-3-9-18-10-12)15-7-5-14(6-8-15)4-2-13(16)17/h3,9-11H,2,4-8H2,1H3,(H,16,17). The van der Waals surface area contributed by atoms with Gasteiger partial charge in [-0.1, -0.05) is 0 Å². The Bertz CT molecular complexity index is 372. The topological polar surface area (TPSA) is 43.8 Å². The molecule has 1 atom stereocenters. The van der Waals surface area contributed by atoms with Gasteiger partial charge in [-0.25, -0.2) is 0 Å². The average Bonchev–Trinajstić information content (AvgIpc) is 2.90. The molecule has 0 spiro atoms. The lowest BCUT2D eigenvalue weighted by Crippen LogP contribution is -2.47. The van der Waals surface area contributed by atoms with Gasteiger partial charge in [0.2, 0.25) is 0 Å². The minimum absolute atomic E-state index is 0.250. The summed E-state index contributed by atoms with van der Waals surface area (Å²) in [6.07, 6.45) is 0.250. The molecule has 18 heavy (non-hydrogen) atoms. The van der Waals surface area contributed by atoms with Crippen molar-refractivity contribution in [3.63, 3.8) is 0 Å². The molecular weight excluding hydrogens is 248 g/mol. The van der Waals surface area contributed by atoms with Crippen molar-refractivity contribution in [2.24, 2.45) is 0 Å². The lowest BCUT2D eigenvalue weighted by molar-refractivity contribution is -0.137. The van der Waals surface area contributed by atoms with Gasteiger partial charge in [0.1, 0.15) is 0 Å². The quantitative estimate of drug-likeness (QED) is 0.886. The van der Waals surface area contributed by atoms with Crippen LogP contribution in [-0.2, 0) is 4.79 Å². The first-order chi connectivity index (χ1) is 8.66. The van der Waals surface area contributed by atoms with Gasteiger partial charge in [-0.3, -0.25) is 9.69 Å². The van der Waals surface area contributed by atoms with Crippen LogP contribution in [0.3, 0.4) is 0 Å². The molecule has 2 rings (SSSR count). The molecule has 4 nitrogen and oxygen atoms in total. The summed E-state index contributed by atoms with van der Waals surface area (Å²) < 4.78 is 0. The van der Waals surface area contributed by atoms with Crippen LogP contribution in [0.15, 0.2) is 16.8 Å². The van der Waals surface area contributed by atoms with E-state index < -0.39 is 5.97 Å². The van der Waals surface area contributed by atoms with E-state index in [1.165, 1.54) is 5.56 Å². The van der Waals surface area contributed by atoms with Gasteiger partial charge in [-0.05, 0) is 29.3 Å². The molecule has 1 N–H and O–H groups in total. The predicted molar refractivity (Wildman–Crippen MR) is 73.0 cm³/mol. The van der Waals surface area contributed by atoms with Gasteiger partial charge in [0, 0.05) is 38.8 Å². The van der Waals surface area contributed by atoms with Crippen LogP contribution in [0.2, 0.25) is 0 Å². The maximum absolute atomic E-state index is 10.5. The van der Waals surface area contributed by atoms with E-state index in [1.54, 1.807) is 11.3 Å². The van der Waals surface area contributed by atoms with Gasteiger partial charge in [0.25, 0.3) is 0 Å². The van der Waals surface area contributed by atoms with Gasteiger partial charge < -0.3 is 10.0 Å². The first kappa shape index (κ1) is 13.5. The molecule has 0 aromatic carbocycles. The van der Waals surface area contributed by atoms with Gasteiger partial charge in [-0.15, -0.1) is 0 Å². The van der Waals surface area contributed by atoms with Gasteiger partial charge >= 0.3 is 5.97 Å². The Hall–Kier alpha value is -0.910. The van der Waals surface area contributed by atoms with Crippen LogP contribution >= 0.6 is 11.3 Å². The third kappa shape index (κ3) is 3.54. The van der Waals surface area contributed by atoms with Crippen molar-refractivity contribution in [3.8, 4) is 0 Å². The van der Waals surface area contributed by atoms with Crippen LogP contribution in [0.25, 0.3) is 0 Å². The number of carbonyl (C=O) groups is 1. The molecule has 1 fully saturated rings. The summed E-state index contributed by atoms with van der Waals surface area (Å²) in [7, 11) is 0. The second-order valence-electron chi connectivity index (χ2n) is 4.75. The molecule has 0 amide bonds. The lowest BCUT2D eigenvalue weighted by atomic mass is 10.1. The van der Waals surface area contributed by atoms with E-state index >= 15 is 0 Å². The smallest absolute Gasteiger partial charge is 0.304 e. The van der Waals surface area contributed by atoms with Crippen LogP contribution in [0.1, 0.15) is 24.9 Å². The second kappa shape index (κ2) is 6.31. The Balaban J connectivity index is 1.78. The van der Waals surface area contributed by atoms with Crippen LogP contribution in [-0.4, -0.2) is 53.6 Å². The summed E-state index contributed by atoms with van der Waals surface area (Å²) in [5.74, 6) is -0.705. The van der Waals surface area contributed by atoms with Crippen molar-refractivity contribution < 1.29 is 9.90 Å². The van der Waals surface area contributed by atoms with Crippen molar-refractivity contribution >= 4 is 17.3 Å². The number of thiophene rings is 1. The summed E-state index contributed by atoms with van der Waals surface area (Å²) in [4.78, 5) is 15.2. The van der Waals surface area contributed by atoms with Crippen molar-refractivity contribution in [2.45, 2.75) is 19.4 Å². The minimum Gasteiger partial charge on any atom is -0.481 e. The van der Waals surface area contributed by atoms with E-state index in [1.807, 2.05) is 0 Å². The first-order valence-corrected chi connectivity index (χ1v) is 7.31. The Morgan fingerprint density at radius 2 is 2.17 bits per heavy atom. The van der Waals surface area contributed by atoms with E-state index in [0.29, 0.717) is 12.6 Å². The number of carboxylic acid groups (broad SMARTS) is 1. The molecule has 0 radical (unpaired) electrons. The summed E-state index contributed by atoms with van der Waals surface area (Å²) >= 11 is 1.74. The van der Waals surface area contributed by atoms with Crippen LogP contribution in [0.5, 0.6) is 0 Å². The van der Waals surface area contributed by atoms with Crippen molar-refractivity contribution in [3.05, 3.63) is 22.4 Å². The Morgan fingerprint density at radius 1 is 1.44 bits per heavy atom. The third-order valence-corrected chi connectivity index (χ3v) is 4.32. The van der Waals surface area contributed by atoms with Crippen molar-refractivity contribution in [1.82, 2.24) is 9.80 Å². The first-order valence-electron chi connectivity index (χ1n) is 6.37. The summed E-state index contributed by atoms with van der Waals surface area (Å²) in [6.45, 7) is 6.92. The summed E-state index contributed by atoms with van der Waals surface area (Å²) in [6, 6.07) is 2.66. The fourth-order valence-corrected chi connectivity index (χ4v) is 3.10. The monoisotopic (exact) mass is 268 g/mol. The number of aliphatic carboxylic acids is 1. The zero-order chi connectivity index (χ0) is 13.0. The van der Waals surface area contributed by atoms with E-state index in [4.69, 9.17) is 5.11 Å². The summed E-state index contributed by atoms with van der Waals surface area (Å²) in [5.41, 5.74) is 1.39. The van der Waals surface area contributed by atoms with Crippen LogP contribution in [0, 0.1) is 0 Å². The normalized spacial score (nSPS) is 19.8. The molecule has 5 heteroatoms. The predicted octanol–water partition coefficient (Wildman–Crippen LogP) is 1.90. The molecule has 1 aromatic heterocycles. The molecule has 1 unspecified atom stereocenters. The molecular formula is C13H20N2O2S. The fraction of sp³-hybridized carbons (Fsp3) is 0.615. The molecule has 1 aliphatic rings. The van der Waals surface area contributed by atoms with Crippen LogP contribution in [0.4, 0.5) is 0 Å². The number of hydrogen-bond acceptors (Lipinski definition) is 4. The average molecular weight is 268 g/mol. The zero-order valence-electron chi connectivity index (χ0n) is 10.7. The van der Waals surface area contributed by atoms with Crippen molar-refractivity contribution in [1.29, 1.82) is 0 Å². The third-order valence-electron chi connectivity index (χ3n) is 3.62. The number of carboxylic acids is 1. The van der Waals surface area contributed by atoms with E-state index in [0.717, 1.165) is 26.2 Å². The Morgan fingerprint density at radius 3 is 2.72 bits per heavy atom. The second-order valence-corrected chi connectivity index (χ2v) is 5.53. The number of piperazine rings is 1. The lowest BCUT2D eigenvalue weighted by Gasteiger charge is -2.37. The molecule has 0 bridgehead atoms. The number of nitrogens with zero attached hydrogens (tertiary/aromatic N) is 2. The highest BCUT2D eigenvalue weighted by molar-refractivity contribution is 7.07. The highest BCUT2D eigenvalue weighted by Gasteiger charge is 2.22. The van der Waals surface area contributed by atoms with Gasteiger partial charge in [0.15, 0.2) is 0 Å².